The molecule has 0 saturated heterocycles. The van der Waals surface area contributed by atoms with Crippen molar-refractivity contribution >= 4 is 42.8 Å². The van der Waals surface area contributed by atoms with Crippen molar-refractivity contribution in [2.75, 3.05) is 43.6 Å². The summed E-state index contributed by atoms with van der Waals surface area (Å²) in [6, 6.07) is 6.18. The fourth-order valence-electron chi connectivity index (χ4n) is 3.73. The van der Waals surface area contributed by atoms with Crippen LogP contribution >= 0.6 is 7.82 Å². The highest BCUT2D eigenvalue weighted by Gasteiger charge is 2.42. The number of phosphoric acid groups is 1. The summed E-state index contributed by atoms with van der Waals surface area (Å²) in [6.07, 6.45) is 1.06. The Hall–Kier alpha value is -4.24. The van der Waals surface area contributed by atoms with Gasteiger partial charge >= 0.3 is 13.8 Å². The summed E-state index contributed by atoms with van der Waals surface area (Å²) in [5.41, 5.74) is -0.875. The number of rotatable bonds is 10. The second-order valence-corrected chi connectivity index (χ2v) is 9.96. The first-order valence-corrected chi connectivity index (χ1v) is 13.0. The summed E-state index contributed by atoms with van der Waals surface area (Å²) >= 11 is 0. The summed E-state index contributed by atoms with van der Waals surface area (Å²) in [5, 5.41) is 5.71. The van der Waals surface area contributed by atoms with Crippen LogP contribution in [0.5, 0.6) is 23.0 Å². The molecule has 4 rings (SSSR count). The summed E-state index contributed by atoms with van der Waals surface area (Å²) < 4.78 is 52.2. The maximum atomic E-state index is 14.7. The fraction of sp³-hybridized carbons (Fsp3) is 0.304. The van der Waals surface area contributed by atoms with Gasteiger partial charge in [-0.05, 0) is 31.0 Å². The van der Waals surface area contributed by atoms with Crippen LogP contribution in [0.1, 0.15) is 13.8 Å². The van der Waals surface area contributed by atoms with Crippen LogP contribution in [-0.4, -0.2) is 59.3 Å². The molecule has 1 aliphatic rings. The standard InChI is InChI=1S/C23H26FN6O9P/c1-23(2)21(31)30(11-38-40(32,33)34)20-14(39-23)6-7-17(28-20)27-19-13(24)10-25-22(29-19)26-12-8-15(35-3)18(37-5)16(9-12)36-4/h6-10H,11H2,1-5H3,(H2,32,33,34)(H2,25,26,27,28,29)/p+1. The van der Waals surface area contributed by atoms with E-state index < -0.39 is 31.9 Å². The molecule has 0 saturated carbocycles. The van der Waals surface area contributed by atoms with Crippen LogP contribution in [-0.2, 0) is 13.9 Å². The number of aromatic amines is 1. The molecule has 0 spiro atoms. The van der Waals surface area contributed by atoms with E-state index in [-0.39, 0.29) is 29.2 Å². The third-order valence-corrected chi connectivity index (χ3v) is 5.99. The first-order chi connectivity index (χ1) is 18.8. The molecule has 0 unspecified atom stereocenters. The Morgan fingerprint density at radius 2 is 1.77 bits per heavy atom. The highest BCUT2D eigenvalue weighted by Crippen LogP contribution is 2.42. The van der Waals surface area contributed by atoms with Crippen molar-refractivity contribution in [1.82, 2.24) is 9.97 Å². The van der Waals surface area contributed by atoms with E-state index in [4.69, 9.17) is 28.7 Å². The van der Waals surface area contributed by atoms with Gasteiger partial charge in [0, 0.05) is 12.1 Å². The minimum Gasteiger partial charge on any atom is -0.493 e. The SMILES string of the molecule is COc1cc(Nc2nc(Nc3ccc4c(n3)N(COP(=O)(O)O)C(=O)C(C)(C)O4)c(F)c[nH+]2)cc(OC)c1OC. The van der Waals surface area contributed by atoms with Crippen molar-refractivity contribution in [2.45, 2.75) is 19.4 Å². The number of hydrogen-bond donors (Lipinski definition) is 4. The number of amides is 1. The van der Waals surface area contributed by atoms with Crippen LogP contribution in [0.4, 0.5) is 33.5 Å². The van der Waals surface area contributed by atoms with Crippen LogP contribution in [0, 0.1) is 5.82 Å². The van der Waals surface area contributed by atoms with E-state index in [9.17, 15) is 13.8 Å². The number of methoxy groups -OCH3 is 3. The average Bonchev–Trinajstić information content (AvgIpc) is 2.89. The molecule has 0 aliphatic carbocycles. The number of anilines is 5. The lowest BCUT2D eigenvalue weighted by molar-refractivity contribution is -0.367. The summed E-state index contributed by atoms with van der Waals surface area (Å²) in [4.78, 5) is 43.2. The van der Waals surface area contributed by atoms with Gasteiger partial charge in [0.1, 0.15) is 24.4 Å². The molecule has 1 aromatic carbocycles. The smallest absolute Gasteiger partial charge is 0.471 e. The summed E-state index contributed by atoms with van der Waals surface area (Å²) in [5.74, 6) is -0.267. The molecule has 0 atom stereocenters. The molecule has 40 heavy (non-hydrogen) atoms. The number of fused-ring (bicyclic) bond motifs is 1. The van der Waals surface area contributed by atoms with Gasteiger partial charge < -0.3 is 34.1 Å². The maximum Gasteiger partial charge on any atom is 0.471 e. The minimum absolute atomic E-state index is 0.0485. The Morgan fingerprint density at radius 3 is 2.38 bits per heavy atom. The van der Waals surface area contributed by atoms with Crippen molar-refractivity contribution in [3.8, 4) is 23.0 Å². The second kappa shape index (κ2) is 11.1. The molecule has 0 fully saturated rings. The van der Waals surface area contributed by atoms with Gasteiger partial charge in [-0.15, -0.1) is 0 Å². The van der Waals surface area contributed by atoms with Crippen LogP contribution in [0.3, 0.4) is 0 Å². The number of carbonyl (C=O) groups is 1. The van der Waals surface area contributed by atoms with E-state index in [1.165, 1.54) is 47.3 Å². The zero-order chi connectivity index (χ0) is 29.2. The maximum absolute atomic E-state index is 14.7. The Bertz CT molecular complexity index is 1460. The predicted octanol–water partition coefficient (Wildman–Crippen LogP) is 2.51. The first-order valence-electron chi connectivity index (χ1n) is 11.5. The third-order valence-electron chi connectivity index (χ3n) is 5.53. The molecule has 3 aromatic rings. The van der Waals surface area contributed by atoms with Crippen molar-refractivity contribution in [1.29, 1.82) is 0 Å². The van der Waals surface area contributed by atoms with Crippen molar-refractivity contribution in [3.63, 3.8) is 0 Å². The summed E-state index contributed by atoms with van der Waals surface area (Å²) in [6.45, 7) is 2.17. The Kier molecular flexibility index (Phi) is 7.98. The third kappa shape index (κ3) is 6.15. The number of carbonyl (C=O) groups excluding carboxylic acids is 1. The van der Waals surface area contributed by atoms with E-state index in [0.717, 1.165) is 11.1 Å². The Morgan fingerprint density at radius 1 is 1.10 bits per heavy atom. The molecule has 2 aromatic heterocycles. The molecule has 15 nitrogen and oxygen atoms in total. The molecule has 0 bridgehead atoms. The van der Waals surface area contributed by atoms with Crippen molar-refractivity contribution in [2.24, 2.45) is 0 Å². The van der Waals surface area contributed by atoms with Crippen LogP contribution in [0.25, 0.3) is 0 Å². The number of aromatic nitrogens is 3. The van der Waals surface area contributed by atoms with Gasteiger partial charge in [-0.1, -0.05) is 0 Å². The predicted molar refractivity (Wildman–Crippen MR) is 138 cm³/mol. The van der Waals surface area contributed by atoms with Crippen LogP contribution in [0.2, 0.25) is 0 Å². The number of nitrogens with zero attached hydrogens (tertiary/aromatic N) is 3. The quantitative estimate of drug-likeness (QED) is 0.256. The average molecular weight is 581 g/mol. The number of H-pyrrole nitrogens is 1. The largest absolute Gasteiger partial charge is 0.493 e. The fourth-order valence-corrected chi connectivity index (χ4v) is 4.00. The normalized spacial score (nSPS) is 14.2. The number of nitrogens with one attached hydrogen (secondary N) is 3. The van der Waals surface area contributed by atoms with Crippen LogP contribution in [0.15, 0.2) is 30.5 Å². The van der Waals surface area contributed by atoms with Gasteiger partial charge in [0.15, 0.2) is 28.7 Å². The van der Waals surface area contributed by atoms with Gasteiger partial charge in [0.2, 0.25) is 11.6 Å². The zero-order valence-electron chi connectivity index (χ0n) is 22.0. The lowest BCUT2D eigenvalue weighted by atomic mass is 10.1. The van der Waals surface area contributed by atoms with E-state index in [2.05, 4.69) is 30.1 Å². The first kappa shape index (κ1) is 28.8. The number of halogens is 1. The second-order valence-electron chi connectivity index (χ2n) is 8.72. The van der Waals surface area contributed by atoms with Gasteiger partial charge in [-0.3, -0.25) is 14.2 Å². The molecular formula is C23H27FN6O9P+. The Labute approximate surface area is 227 Å². The van der Waals surface area contributed by atoms with E-state index in [1.54, 1.807) is 12.1 Å². The monoisotopic (exact) mass is 581 g/mol. The molecular weight excluding hydrogens is 554 g/mol. The molecule has 1 aliphatic heterocycles. The van der Waals surface area contributed by atoms with Crippen molar-refractivity contribution < 1.29 is 52.0 Å². The topological polar surface area (TPSA) is 188 Å². The van der Waals surface area contributed by atoms with Gasteiger partial charge in [0.05, 0.1) is 21.3 Å². The van der Waals surface area contributed by atoms with Crippen LogP contribution < -0.4 is 39.5 Å². The lowest BCUT2D eigenvalue weighted by Crippen LogP contribution is -2.53. The van der Waals surface area contributed by atoms with E-state index in [0.29, 0.717) is 22.9 Å². The minimum atomic E-state index is -4.91. The number of benzene rings is 1. The lowest BCUT2D eigenvalue weighted by Gasteiger charge is -2.37. The highest BCUT2D eigenvalue weighted by atomic mass is 31.2. The number of pyridine rings is 1. The molecule has 0 radical (unpaired) electrons. The molecule has 214 valence electrons. The molecule has 17 heteroatoms. The molecule has 1 amide bonds. The van der Waals surface area contributed by atoms with Gasteiger partial charge in [0.25, 0.3) is 11.7 Å². The molecule has 5 N–H and O–H groups in total. The molecule has 3 heterocycles. The van der Waals surface area contributed by atoms with Gasteiger partial charge in [-0.2, -0.15) is 4.39 Å². The summed E-state index contributed by atoms with van der Waals surface area (Å²) in [7, 11) is -0.495. The van der Waals surface area contributed by atoms with E-state index >= 15 is 0 Å². The number of hydrogen-bond acceptors (Lipinski definition) is 11. The van der Waals surface area contributed by atoms with Crippen molar-refractivity contribution in [3.05, 3.63) is 36.3 Å². The van der Waals surface area contributed by atoms with E-state index in [1.807, 2.05) is 0 Å². The Balaban J connectivity index is 1.62. The highest BCUT2D eigenvalue weighted by molar-refractivity contribution is 7.46. The zero-order valence-corrected chi connectivity index (χ0v) is 22.9. The number of phosphoric ester groups is 1. The van der Waals surface area contributed by atoms with Gasteiger partial charge in [-0.25, -0.2) is 19.8 Å². The number of ether oxygens (including phenoxy) is 4.